The summed E-state index contributed by atoms with van der Waals surface area (Å²) in [5.74, 6) is 0.618. The Bertz CT molecular complexity index is 354. The Balaban J connectivity index is 2.21. The molecule has 0 spiro atoms. The number of benzene rings is 1. The molecule has 0 amide bonds. The SMILES string of the molecule is CC(C)Cc1cccc(C2(F)CCNC2)c1. The maximum absolute atomic E-state index is 14.5. The van der Waals surface area contributed by atoms with Gasteiger partial charge in [0.15, 0.2) is 0 Å². The highest BCUT2D eigenvalue weighted by Crippen LogP contribution is 2.32. The maximum atomic E-state index is 14.5. The van der Waals surface area contributed by atoms with Crippen molar-refractivity contribution < 1.29 is 4.39 Å². The molecule has 0 bridgehead atoms. The van der Waals surface area contributed by atoms with Gasteiger partial charge >= 0.3 is 0 Å². The van der Waals surface area contributed by atoms with Crippen LogP contribution in [0.5, 0.6) is 0 Å². The lowest BCUT2D eigenvalue weighted by Crippen LogP contribution is -2.23. The van der Waals surface area contributed by atoms with Gasteiger partial charge in [-0.2, -0.15) is 0 Å². The Labute approximate surface area is 97.1 Å². The fourth-order valence-corrected chi connectivity index (χ4v) is 2.36. The third-order valence-electron chi connectivity index (χ3n) is 3.19. The standard InChI is InChI=1S/C14H20FN/c1-11(2)8-12-4-3-5-13(9-12)14(15)6-7-16-10-14/h3-5,9,11,16H,6-8,10H2,1-2H3. The van der Waals surface area contributed by atoms with Crippen LogP contribution in [0.1, 0.15) is 31.4 Å². The highest BCUT2D eigenvalue weighted by molar-refractivity contribution is 5.30. The first-order valence-electron chi connectivity index (χ1n) is 6.09. The topological polar surface area (TPSA) is 12.0 Å². The molecule has 1 aromatic rings. The van der Waals surface area contributed by atoms with Gasteiger partial charge in [0.05, 0.1) is 0 Å². The fraction of sp³-hybridized carbons (Fsp3) is 0.571. The molecule has 0 aliphatic carbocycles. The Hall–Kier alpha value is -0.890. The van der Waals surface area contributed by atoms with Crippen LogP contribution in [0.2, 0.25) is 0 Å². The predicted molar refractivity (Wildman–Crippen MR) is 65.3 cm³/mol. The van der Waals surface area contributed by atoms with E-state index in [1.165, 1.54) is 5.56 Å². The zero-order valence-corrected chi connectivity index (χ0v) is 10.1. The summed E-state index contributed by atoms with van der Waals surface area (Å²) in [7, 11) is 0. The van der Waals surface area contributed by atoms with Crippen molar-refractivity contribution in [2.75, 3.05) is 13.1 Å². The molecule has 1 fully saturated rings. The van der Waals surface area contributed by atoms with Gasteiger partial charge in [0, 0.05) is 6.54 Å². The summed E-state index contributed by atoms with van der Waals surface area (Å²) in [6.45, 7) is 5.62. The average Bonchev–Trinajstić information content (AvgIpc) is 2.66. The van der Waals surface area contributed by atoms with E-state index in [0.29, 0.717) is 18.9 Å². The van der Waals surface area contributed by atoms with Crippen molar-refractivity contribution in [1.29, 1.82) is 0 Å². The molecular weight excluding hydrogens is 201 g/mol. The number of nitrogens with one attached hydrogen (secondary N) is 1. The third-order valence-corrected chi connectivity index (χ3v) is 3.19. The van der Waals surface area contributed by atoms with Crippen LogP contribution in [-0.4, -0.2) is 13.1 Å². The molecule has 0 aromatic heterocycles. The summed E-state index contributed by atoms with van der Waals surface area (Å²) < 4.78 is 14.5. The van der Waals surface area contributed by atoms with Crippen LogP contribution in [0.3, 0.4) is 0 Å². The minimum absolute atomic E-state index is 0.456. The van der Waals surface area contributed by atoms with Gasteiger partial charge in [-0.3, -0.25) is 0 Å². The lowest BCUT2D eigenvalue weighted by Gasteiger charge is -2.19. The van der Waals surface area contributed by atoms with E-state index in [1.807, 2.05) is 18.2 Å². The van der Waals surface area contributed by atoms with E-state index in [4.69, 9.17) is 0 Å². The second-order valence-electron chi connectivity index (χ2n) is 5.19. The van der Waals surface area contributed by atoms with Crippen molar-refractivity contribution in [3.8, 4) is 0 Å². The first kappa shape index (κ1) is 11.6. The van der Waals surface area contributed by atoms with Crippen molar-refractivity contribution in [1.82, 2.24) is 5.32 Å². The Kier molecular flexibility index (Phi) is 3.29. The van der Waals surface area contributed by atoms with Crippen molar-refractivity contribution >= 4 is 0 Å². The number of halogens is 1. The van der Waals surface area contributed by atoms with E-state index in [-0.39, 0.29) is 0 Å². The molecule has 2 heteroatoms. The van der Waals surface area contributed by atoms with Crippen LogP contribution < -0.4 is 5.32 Å². The quantitative estimate of drug-likeness (QED) is 0.827. The van der Waals surface area contributed by atoms with E-state index in [1.54, 1.807) is 0 Å². The minimum atomic E-state index is -1.15. The largest absolute Gasteiger partial charge is 0.313 e. The molecule has 16 heavy (non-hydrogen) atoms. The van der Waals surface area contributed by atoms with Crippen LogP contribution in [-0.2, 0) is 12.1 Å². The van der Waals surface area contributed by atoms with E-state index < -0.39 is 5.67 Å². The zero-order valence-electron chi connectivity index (χ0n) is 10.1. The van der Waals surface area contributed by atoms with Crippen LogP contribution in [0.25, 0.3) is 0 Å². The second kappa shape index (κ2) is 4.54. The zero-order chi connectivity index (χ0) is 11.6. The Morgan fingerprint density at radius 1 is 1.44 bits per heavy atom. The van der Waals surface area contributed by atoms with Gasteiger partial charge in [0.25, 0.3) is 0 Å². The lowest BCUT2D eigenvalue weighted by molar-refractivity contribution is 0.193. The van der Waals surface area contributed by atoms with Crippen LogP contribution in [0.4, 0.5) is 4.39 Å². The van der Waals surface area contributed by atoms with Gasteiger partial charge in [-0.05, 0) is 36.4 Å². The molecule has 88 valence electrons. The average molecular weight is 221 g/mol. The molecule has 1 unspecified atom stereocenters. The number of hydrogen-bond donors (Lipinski definition) is 1. The van der Waals surface area contributed by atoms with E-state index in [0.717, 1.165) is 18.5 Å². The maximum Gasteiger partial charge on any atom is 0.149 e. The summed E-state index contributed by atoms with van der Waals surface area (Å²) in [6.07, 6.45) is 1.62. The van der Waals surface area contributed by atoms with Crippen LogP contribution in [0.15, 0.2) is 24.3 Å². The lowest BCUT2D eigenvalue weighted by atomic mass is 9.91. The molecule has 1 heterocycles. The predicted octanol–water partition coefficient (Wildman–Crippen LogP) is 3.04. The molecule has 1 saturated heterocycles. The van der Waals surface area contributed by atoms with Gasteiger partial charge in [-0.1, -0.05) is 38.1 Å². The minimum Gasteiger partial charge on any atom is -0.313 e. The van der Waals surface area contributed by atoms with Gasteiger partial charge in [0.2, 0.25) is 0 Å². The molecular formula is C14H20FN. The molecule has 0 saturated carbocycles. The van der Waals surface area contributed by atoms with E-state index in [9.17, 15) is 4.39 Å². The smallest absolute Gasteiger partial charge is 0.149 e. The van der Waals surface area contributed by atoms with Gasteiger partial charge in [-0.25, -0.2) is 4.39 Å². The first-order valence-corrected chi connectivity index (χ1v) is 6.09. The van der Waals surface area contributed by atoms with Gasteiger partial charge in [0.1, 0.15) is 5.67 Å². The van der Waals surface area contributed by atoms with Crippen LogP contribution >= 0.6 is 0 Å². The molecule has 1 atom stereocenters. The number of hydrogen-bond acceptors (Lipinski definition) is 1. The summed E-state index contributed by atoms with van der Waals surface area (Å²) >= 11 is 0. The van der Waals surface area contributed by atoms with Gasteiger partial charge in [-0.15, -0.1) is 0 Å². The van der Waals surface area contributed by atoms with Crippen molar-refractivity contribution in [3.05, 3.63) is 35.4 Å². The van der Waals surface area contributed by atoms with Crippen molar-refractivity contribution in [2.24, 2.45) is 5.92 Å². The monoisotopic (exact) mass is 221 g/mol. The highest BCUT2D eigenvalue weighted by atomic mass is 19.1. The molecule has 0 radical (unpaired) electrons. The summed E-state index contributed by atoms with van der Waals surface area (Å²) in [5, 5.41) is 3.10. The molecule has 1 aliphatic heterocycles. The van der Waals surface area contributed by atoms with Gasteiger partial charge < -0.3 is 5.32 Å². The van der Waals surface area contributed by atoms with E-state index in [2.05, 4.69) is 25.2 Å². The number of alkyl halides is 1. The third kappa shape index (κ3) is 2.43. The van der Waals surface area contributed by atoms with Crippen molar-refractivity contribution in [2.45, 2.75) is 32.4 Å². The molecule has 2 rings (SSSR count). The van der Waals surface area contributed by atoms with Crippen molar-refractivity contribution in [3.63, 3.8) is 0 Å². The Morgan fingerprint density at radius 3 is 2.88 bits per heavy atom. The fourth-order valence-electron chi connectivity index (χ4n) is 2.36. The second-order valence-corrected chi connectivity index (χ2v) is 5.19. The summed E-state index contributed by atoms with van der Waals surface area (Å²) in [6, 6.07) is 8.02. The molecule has 1 nitrogen and oxygen atoms in total. The summed E-state index contributed by atoms with van der Waals surface area (Å²) in [4.78, 5) is 0. The first-order chi connectivity index (χ1) is 7.60. The number of rotatable bonds is 3. The summed E-state index contributed by atoms with van der Waals surface area (Å²) in [5.41, 5.74) is 0.944. The molecule has 1 aliphatic rings. The van der Waals surface area contributed by atoms with E-state index >= 15 is 0 Å². The molecule has 1 N–H and O–H groups in total. The van der Waals surface area contributed by atoms with Crippen LogP contribution in [0, 0.1) is 5.92 Å². The molecule has 1 aromatic carbocycles. The normalized spacial score (nSPS) is 25.2. The Morgan fingerprint density at radius 2 is 2.25 bits per heavy atom. The highest BCUT2D eigenvalue weighted by Gasteiger charge is 2.35.